The van der Waals surface area contributed by atoms with Gasteiger partial charge in [0.05, 0.1) is 18.9 Å². The van der Waals surface area contributed by atoms with Crippen LogP contribution in [0.5, 0.6) is 0 Å². The Kier molecular flexibility index (Phi) is 6.83. The predicted octanol–water partition coefficient (Wildman–Crippen LogP) is 5.53. The highest BCUT2D eigenvalue weighted by atomic mass is 35.5. The third-order valence-electron chi connectivity index (χ3n) is 5.96. The number of rotatable bonds is 7. The molecule has 0 fully saturated rings. The summed E-state index contributed by atoms with van der Waals surface area (Å²) in [4.78, 5) is 2.21. The molecule has 0 amide bonds. The third kappa shape index (κ3) is 4.95. The first-order valence-corrected chi connectivity index (χ1v) is 11.7. The zero-order valence-corrected chi connectivity index (χ0v) is 21.3. The first-order chi connectivity index (χ1) is 15.7. The molecule has 2 aromatic carbocycles. The molecule has 6 nitrogen and oxygen atoms in total. The van der Waals surface area contributed by atoms with E-state index in [2.05, 4.69) is 57.0 Å². The first-order valence-electron chi connectivity index (χ1n) is 10.9. The second-order valence-corrected chi connectivity index (χ2v) is 9.36. The minimum Gasteiger partial charge on any atom is -0.303 e. The lowest BCUT2D eigenvalue weighted by Crippen LogP contribution is -2.23. The van der Waals surface area contributed by atoms with Gasteiger partial charge in [0.1, 0.15) is 0 Å². The lowest BCUT2D eigenvalue weighted by atomic mass is 10.1. The molecule has 0 atom stereocenters. The van der Waals surface area contributed by atoms with E-state index in [4.69, 9.17) is 34.0 Å². The zero-order valence-electron chi connectivity index (χ0n) is 19.7. The fourth-order valence-electron chi connectivity index (χ4n) is 3.99. The molecular weight excluding hydrogens is 452 g/mol. The molecule has 4 aromatic rings. The molecule has 2 aromatic heterocycles. The number of aryl methyl sites for hydroxylation is 2. The van der Waals surface area contributed by atoms with Crippen LogP contribution in [0.25, 0.3) is 11.4 Å². The summed E-state index contributed by atoms with van der Waals surface area (Å²) in [5.41, 5.74) is 6.72. The molecule has 2 heterocycles. The van der Waals surface area contributed by atoms with Crippen LogP contribution in [-0.4, -0.2) is 36.1 Å². The molecule has 0 radical (unpaired) electrons. The summed E-state index contributed by atoms with van der Waals surface area (Å²) in [7, 11) is 4.04. The van der Waals surface area contributed by atoms with Crippen LogP contribution >= 0.6 is 23.8 Å². The van der Waals surface area contributed by atoms with Crippen LogP contribution in [0.1, 0.15) is 28.1 Å². The molecule has 172 valence electrons. The van der Waals surface area contributed by atoms with Gasteiger partial charge in [-0.15, -0.1) is 0 Å². The highest BCUT2D eigenvalue weighted by Gasteiger charge is 2.16. The molecule has 0 unspecified atom stereocenters. The molecule has 0 aliphatic carbocycles. The Bertz CT molecular complexity index is 1330. The lowest BCUT2D eigenvalue weighted by Gasteiger charge is -2.17. The van der Waals surface area contributed by atoms with Gasteiger partial charge < -0.3 is 4.57 Å². The van der Waals surface area contributed by atoms with Gasteiger partial charge in [0.15, 0.2) is 10.6 Å². The molecule has 4 rings (SSSR count). The number of benzene rings is 2. The summed E-state index contributed by atoms with van der Waals surface area (Å²) >= 11 is 12.0. The number of aromatic nitrogens is 5. The Morgan fingerprint density at radius 2 is 1.67 bits per heavy atom. The number of nitrogens with zero attached hydrogens (tertiary/aromatic N) is 6. The van der Waals surface area contributed by atoms with Crippen molar-refractivity contribution in [1.29, 1.82) is 0 Å². The minimum atomic E-state index is 0.590. The van der Waals surface area contributed by atoms with E-state index in [-0.39, 0.29) is 0 Å². The van der Waals surface area contributed by atoms with Crippen molar-refractivity contribution in [2.45, 2.75) is 40.5 Å². The van der Waals surface area contributed by atoms with Crippen LogP contribution in [0.4, 0.5) is 0 Å². The van der Waals surface area contributed by atoms with Crippen LogP contribution in [-0.2, 0) is 26.8 Å². The van der Waals surface area contributed by atoms with Crippen molar-refractivity contribution in [2.75, 3.05) is 7.05 Å². The van der Waals surface area contributed by atoms with Crippen LogP contribution in [0.3, 0.4) is 0 Å². The van der Waals surface area contributed by atoms with E-state index >= 15 is 0 Å². The molecule has 0 aliphatic heterocycles. The Labute approximate surface area is 205 Å². The van der Waals surface area contributed by atoms with Crippen molar-refractivity contribution in [3.05, 3.63) is 86.4 Å². The topological polar surface area (TPSA) is 43.8 Å². The maximum atomic E-state index is 6.36. The highest BCUT2D eigenvalue weighted by Crippen LogP contribution is 2.21. The van der Waals surface area contributed by atoms with Crippen molar-refractivity contribution in [3.63, 3.8) is 0 Å². The van der Waals surface area contributed by atoms with E-state index in [1.165, 1.54) is 11.1 Å². The second kappa shape index (κ2) is 9.63. The summed E-state index contributed by atoms with van der Waals surface area (Å²) in [6.45, 7) is 8.24. The van der Waals surface area contributed by atoms with Gasteiger partial charge in [-0.05, 0) is 51.7 Å². The average molecular weight is 481 g/mol. The van der Waals surface area contributed by atoms with E-state index in [9.17, 15) is 0 Å². The molecule has 0 aliphatic rings. The second-order valence-electron chi connectivity index (χ2n) is 8.58. The fraction of sp³-hybridized carbons (Fsp3) is 0.320. The van der Waals surface area contributed by atoms with Crippen LogP contribution in [0, 0.1) is 25.5 Å². The smallest absolute Gasteiger partial charge is 0.199 e. The fourth-order valence-corrected chi connectivity index (χ4v) is 4.37. The van der Waals surface area contributed by atoms with Crippen molar-refractivity contribution in [2.24, 2.45) is 7.05 Å². The minimum absolute atomic E-state index is 0.590. The summed E-state index contributed by atoms with van der Waals surface area (Å²) in [5, 5.41) is 10.3. The molecule has 8 heteroatoms. The molecular formula is C25H29ClN6S. The van der Waals surface area contributed by atoms with Crippen LogP contribution in [0.2, 0.25) is 5.02 Å². The van der Waals surface area contributed by atoms with Gasteiger partial charge in [0.25, 0.3) is 0 Å². The Hall–Kier alpha value is -2.74. The third-order valence-corrected chi connectivity index (χ3v) is 6.82. The van der Waals surface area contributed by atoms with Gasteiger partial charge in [-0.2, -0.15) is 10.2 Å². The van der Waals surface area contributed by atoms with E-state index in [1.54, 1.807) is 0 Å². The summed E-state index contributed by atoms with van der Waals surface area (Å²) in [6.07, 6.45) is 0. The molecule has 0 bridgehead atoms. The quantitative estimate of drug-likeness (QED) is 0.326. The summed E-state index contributed by atoms with van der Waals surface area (Å²) in [5.74, 6) is 0.869. The monoisotopic (exact) mass is 480 g/mol. The number of hydrogen-bond donors (Lipinski definition) is 0. The summed E-state index contributed by atoms with van der Waals surface area (Å²) in [6, 6.07) is 16.3. The normalized spacial score (nSPS) is 11.5. The van der Waals surface area contributed by atoms with E-state index in [0.717, 1.165) is 39.9 Å². The molecule has 0 saturated heterocycles. The van der Waals surface area contributed by atoms with Gasteiger partial charge in [-0.3, -0.25) is 9.58 Å². The van der Waals surface area contributed by atoms with Crippen molar-refractivity contribution in [1.82, 2.24) is 29.0 Å². The standard InChI is InChI=1S/C25H29ClN6S/c1-17-10-12-20(13-11-17)24-28-32(25(33)30(24)5)16-29(4)15-22-18(2)27-31(19(22)3)14-21-8-6-7-9-23(21)26/h6-13H,14-16H2,1-5H3. The maximum Gasteiger partial charge on any atom is 0.199 e. The van der Waals surface area contributed by atoms with Crippen LogP contribution in [0.15, 0.2) is 48.5 Å². The Balaban J connectivity index is 1.52. The SMILES string of the molecule is Cc1ccc(-c2nn(CN(C)Cc3c(C)nn(Cc4ccccc4Cl)c3C)c(=S)n2C)cc1. The Morgan fingerprint density at radius 3 is 2.36 bits per heavy atom. The molecule has 0 N–H and O–H groups in total. The zero-order chi connectivity index (χ0) is 23.7. The lowest BCUT2D eigenvalue weighted by molar-refractivity contribution is 0.243. The van der Waals surface area contributed by atoms with Gasteiger partial charge >= 0.3 is 0 Å². The Morgan fingerprint density at radius 1 is 0.970 bits per heavy atom. The van der Waals surface area contributed by atoms with Crippen molar-refractivity contribution < 1.29 is 0 Å². The average Bonchev–Trinajstić information content (AvgIpc) is 3.21. The largest absolute Gasteiger partial charge is 0.303 e. The first kappa shape index (κ1) is 23.4. The van der Waals surface area contributed by atoms with Crippen LogP contribution < -0.4 is 0 Å². The molecule has 0 saturated carbocycles. The van der Waals surface area contributed by atoms with E-state index < -0.39 is 0 Å². The molecule has 33 heavy (non-hydrogen) atoms. The van der Waals surface area contributed by atoms with Gasteiger partial charge in [0.2, 0.25) is 0 Å². The summed E-state index contributed by atoms with van der Waals surface area (Å²) < 4.78 is 6.57. The highest BCUT2D eigenvalue weighted by molar-refractivity contribution is 7.71. The van der Waals surface area contributed by atoms with E-state index in [0.29, 0.717) is 18.0 Å². The molecule has 0 spiro atoms. The number of halogens is 1. The van der Waals surface area contributed by atoms with Gasteiger partial charge in [-0.25, -0.2) is 4.68 Å². The van der Waals surface area contributed by atoms with Gasteiger partial charge in [0, 0.05) is 35.4 Å². The maximum absolute atomic E-state index is 6.36. The van der Waals surface area contributed by atoms with Crippen molar-refractivity contribution >= 4 is 23.8 Å². The number of hydrogen-bond acceptors (Lipinski definition) is 4. The van der Waals surface area contributed by atoms with Crippen molar-refractivity contribution in [3.8, 4) is 11.4 Å². The van der Waals surface area contributed by atoms with Gasteiger partial charge in [-0.1, -0.05) is 59.6 Å². The van der Waals surface area contributed by atoms with E-state index in [1.807, 2.05) is 45.2 Å². The predicted molar refractivity (Wildman–Crippen MR) is 136 cm³/mol.